The van der Waals surface area contributed by atoms with Crippen LogP contribution >= 0.6 is 24.0 Å². The van der Waals surface area contributed by atoms with Crippen LogP contribution in [0.3, 0.4) is 0 Å². The average Bonchev–Trinajstić information content (AvgIpc) is 2.68. The third-order valence-electron chi connectivity index (χ3n) is 4.95. The fraction of sp³-hybridized carbons (Fsp3) is 0.950. The third-order valence-corrected chi connectivity index (χ3v) is 6.78. The van der Waals surface area contributed by atoms with Crippen molar-refractivity contribution in [1.82, 2.24) is 19.4 Å². The molecule has 10 heteroatoms. The lowest BCUT2D eigenvalue weighted by Gasteiger charge is -2.36. The number of hydrogen-bond donors (Lipinski definition) is 1. The summed E-state index contributed by atoms with van der Waals surface area (Å²) in [5, 5.41) is 3.44. The molecule has 0 spiro atoms. The van der Waals surface area contributed by atoms with E-state index in [2.05, 4.69) is 34.0 Å². The highest BCUT2D eigenvalue weighted by molar-refractivity contribution is 14.0. The van der Waals surface area contributed by atoms with Gasteiger partial charge in [0, 0.05) is 39.8 Å². The third kappa shape index (κ3) is 11.4. The largest absolute Gasteiger partial charge is 0.378 e. The first-order valence-electron chi connectivity index (χ1n) is 11.1. The van der Waals surface area contributed by atoms with Crippen molar-refractivity contribution in [2.24, 2.45) is 4.99 Å². The van der Waals surface area contributed by atoms with Crippen molar-refractivity contribution in [3.63, 3.8) is 0 Å². The fourth-order valence-electron chi connectivity index (χ4n) is 3.50. The van der Waals surface area contributed by atoms with Crippen molar-refractivity contribution >= 4 is 40.0 Å². The molecule has 180 valence electrons. The van der Waals surface area contributed by atoms with Crippen LogP contribution in [0.4, 0.5) is 0 Å². The first-order chi connectivity index (χ1) is 13.8. The lowest BCUT2D eigenvalue weighted by Crippen LogP contribution is -2.54. The highest BCUT2D eigenvalue weighted by Crippen LogP contribution is 2.09. The lowest BCUT2D eigenvalue weighted by atomic mass is 10.3. The molecule has 1 fully saturated rings. The van der Waals surface area contributed by atoms with Crippen molar-refractivity contribution in [2.45, 2.75) is 53.1 Å². The molecule has 0 aromatic rings. The summed E-state index contributed by atoms with van der Waals surface area (Å²) < 4.78 is 31.9. The SMILES string of the molecule is CCCN(CCC)CCCNC(=NC)N1CCN(S(=O)(=O)CCOC(C)C)CC1.I. The Kier molecular flexibility index (Phi) is 16.4. The molecule has 1 saturated heterocycles. The minimum atomic E-state index is -3.26. The molecule has 1 heterocycles. The van der Waals surface area contributed by atoms with Gasteiger partial charge in [-0.3, -0.25) is 4.99 Å². The summed E-state index contributed by atoms with van der Waals surface area (Å²) in [7, 11) is -1.47. The number of rotatable bonds is 13. The van der Waals surface area contributed by atoms with E-state index in [0.717, 1.165) is 38.6 Å². The minimum absolute atomic E-state index is 0. The monoisotopic (exact) mass is 561 g/mol. The predicted molar refractivity (Wildman–Crippen MR) is 136 cm³/mol. The molecular formula is C20H44IN5O3S. The average molecular weight is 562 g/mol. The molecule has 1 N–H and O–H groups in total. The topological polar surface area (TPSA) is 77.5 Å². The van der Waals surface area contributed by atoms with E-state index in [1.165, 1.54) is 12.8 Å². The van der Waals surface area contributed by atoms with E-state index in [9.17, 15) is 8.42 Å². The maximum Gasteiger partial charge on any atom is 0.216 e. The van der Waals surface area contributed by atoms with Gasteiger partial charge in [0.25, 0.3) is 0 Å². The molecule has 0 unspecified atom stereocenters. The van der Waals surface area contributed by atoms with Gasteiger partial charge in [0.2, 0.25) is 10.0 Å². The second kappa shape index (κ2) is 16.5. The molecular weight excluding hydrogens is 517 g/mol. The van der Waals surface area contributed by atoms with Gasteiger partial charge in [-0.2, -0.15) is 4.31 Å². The molecule has 0 atom stereocenters. The van der Waals surface area contributed by atoms with Gasteiger partial charge < -0.3 is 19.9 Å². The molecule has 0 saturated carbocycles. The Balaban J connectivity index is 0.00000841. The predicted octanol–water partition coefficient (Wildman–Crippen LogP) is 2.06. The van der Waals surface area contributed by atoms with Gasteiger partial charge in [0.1, 0.15) is 0 Å². The first-order valence-corrected chi connectivity index (χ1v) is 12.7. The lowest BCUT2D eigenvalue weighted by molar-refractivity contribution is 0.0904. The van der Waals surface area contributed by atoms with E-state index in [0.29, 0.717) is 26.2 Å². The second-order valence-corrected chi connectivity index (χ2v) is 9.88. The molecule has 1 aliphatic heterocycles. The van der Waals surface area contributed by atoms with E-state index < -0.39 is 10.0 Å². The number of hydrogen-bond acceptors (Lipinski definition) is 5. The summed E-state index contributed by atoms with van der Waals surface area (Å²) in [5.74, 6) is 0.909. The highest BCUT2D eigenvalue weighted by atomic mass is 127. The Bertz CT molecular complexity index is 561. The summed E-state index contributed by atoms with van der Waals surface area (Å²) in [6.45, 7) is 15.1. The van der Waals surface area contributed by atoms with Crippen LogP contribution in [-0.4, -0.2) is 106 Å². The molecule has 0 aromatic carbocycles. The van der Waals surface area contributed by atoms with Gasteiger partial charge in [-0.1, -0.05) is 13.8 Å². The van der Waals surface area contributed by atoms with Gasteiger partial charge in [0.15, 0.2) is 5.96 Å². The maximum absolute atomic E-state index is 12.5. The molecule has 1 aliphatic rings. The van der Waals surface area contributed by atoms with E-state index in [1.807, 2.05) is 13.8 Å². The van der Waals surface area contributed by atoms with Gasteiger partial charge in [-0.15, -0.1) is 24.0 Å². The van der Waals surface area contributed by atoms with Crippen LogP contribution in [-0.2, 0) is 14.8 Å². The second-order valence-electron chi connectivity index (χ2n) is 7.79. The summed E-state index contributed by atoms with van der Waals surface area (Å²) in [4.78, 5) is 9.04. The molecule has 30 heavy (non-hydrogen) atoms. The summed E-state index contributed by atoms with van der Waals surface area (Å²) in [5.41, 5.74) is 0. The molecule has 1 rings (SSSR count). The van der Waals surface area contributed by atoms with Gasteiger partial charge in [0.05, 0.1) is 18.5 Å². The Morgan fingerprint density at radius 1 is 1.10 bits per heavy atom. The van der Waals surface area contributed by atoms with E-state index in [-0.39, 0.29) is 42.4 Å². The maximum atomic E-state index is 12.5. The number of sulfonamides is 1. The van der Waals surface area contributed by atoms with Crippen molar-refractivity contribution in [3.8, 4) is 0 Å². The standard InChI is InChI=1S/C20H43N5O3S.HI/c1-6-10-23(11-7-2)12-8-9-22-20(21-5)24-13-15-25(16-14-24)29(26,27)18-17-28-19(3)4;/h19H,6-18H2,1-5H3,(H,21,22);1H. The zero-order valence-electron chi connectivity index (χ0n) is 19.6. The first kappa shape index (κ1) is 29.8. The van der Waals surface area contributed by atoms with Crippen molar-refractivity contribution in [2.75, 3.05) is 71.8 Å². The number of ether oxygens (including phenoxy) is 1. The molecule has 8 nitrogen and oxygen atoms in total. The Morgan fingerprint density at radius 3 is 2.20 bits per heavy atom. The van der Waals surface area contributed by atoms with E-state index >= 15 is 0 Å². The van der Waals surface area contributed by atoms with Crippen LogP contribution in [0.25, 0.3) is 0 Å². The molecule has 0 aliphatic carbocycles. The Labute approximate surface area is 201 Å². The summed E-state index contributed by atoms with van der Waals surface area (Å²) in [6, 6.07) is 0. The molecule has 0 radical (unpaired) electrons. The van der Waals surface area contributed by atoms with Gasteiger partial charge in [-0.05, 0) is 52.7 Å². The molecule has 0 aromatic heterocycles. The van der Waals surface area contributed by atoms with Gasteiger partial charge >= 0.3 is 0 Å². The molecule has 0 bridgehead atoms. The van der Waals surface area contributed by atoms with Crippen molar-refractivity contribution in [3.05, 3.63) is 0 Å². The highest BCUT2D eigenvalue weighted by Gasteiger charge is 2.27. The van der Waals surface area contributed by atoms with Crippen LogP contribution in [0.5, 0.6) is 0 Å². The zero-order valence-corrected chi connectivity index (χ0v) is 22.7. The van der Waals surface area contributed by atoms with E-state index in [1.54, 1.807) is 11.4 Å². The molecule has 0 amide bonds. The fourth-order valence-corrected chi connectivity index (χ4v) is 4.78. The van der Waals surface area contributed by atoms with Crippen LogP contribution in [0, 0.1) is 0 Å². The number of nitrogens with one attached hydrogen (secondary N) is 1. The number of halogens is 1. The number of piperazine rings is 1. The zero-order chi connectivity index (χ0) is 21.7. The smallest absolute Gasteiger partial charge is 0.216 e. The van der Waals surface area contributed by atoms with Crippen molar-refractivity contribution < 1.29 is 13.2 Å². The Morgan fingerprint density at radius 2 is 1.70 bits per heavy atom. The van der Waals surface area contributed by atoms with Gasteiger partial charge in [-0.25, -0.2) is 8.42 Å². The van der Waals surface area contributed by atoms with Crippen LogP contribution in [0.1, 0.15) is 47.0 Å². The van der Waals surface area contributed by atoms with Crippen LogP contribution in [0.2, 0.25) is 0 Å². The number of nitrogens with zero attached hydrogens (tertiary/aromatic N) is 4. The summed E-state index contributed by atoms with van der Waals surface area (Å²) in [6.07, 6.45) is 3.49. The number of guanidine groups is 1. The quantitative estimate of drug-likeness (QED) is 0.161. The van der Waals surface area contributed by atoms with E-state index in [4.69, 9.17) is 4.74 Å². The number of aliphatic imine (C=N–C) groups is 1. The van der Waals surface area contributed by atoms with Crippen molar-refractivity contribution in [1.29, 1.82) is 0 Å². The normalized spacial score (nSPS) is 16.2. The van der Waals surface area contributed by atoms with Crippen LogP contribution < -0.4 is 5.32 Å². The minimum Gasteiger partial charge on any atom is -0.378 e. The Hall–Kier alpha value is -0.170. The summed E-state index contributed by atoms with van der Waals surface area (Å²) >= 11 is 0. The van der Waals surface area contributed by atoms with Crippen LogP contribution in [0.15, 0.2) is 4.99 Å².